The van der Waals surface area contributed by atoms with Crippen molar-refractivity contribution in [3.05, 3.63) is 40.1 Å². The number of benzene rings is 1. The number of allylic oxidation sites excluding steroid dienone is 1. The van der Waals surface area contributed by atoms with Gasteiger partial charge in [-0.15, -0.1) is 0 Å². The standard InChI is InChI=1S/C18H20ClN3OS/c1-5-22-15-8-13(19)11(7-14-16(23)21-17(24)20-14)6-12(15)10(2)9-18(22,3)4/h6-9H,5H2,1-4H3,(H2,20,21,23,24)/b14-7-. The summed E-state index contributed by atoms with van der Waals surface area (Å²) in [6.07, 6.45) is 4.00. The van der Waals surface area contributed by atoms with Gasteiger partial charge in [0.25, 0.3) is 5.91 Å². The maximum absolute atomic E-state index is 11.8. The van der Waals surface area contributed by atoms with Crippen molar-refractivity contribution in [2.24, 2.45) is 0 Å². The molecule has 2 aliphatic rings. The van der Waals surface area contributed by atoms with E-state index in [9.17, 15) is 4.79 Å². The van der Waals surface area contributed by atoms with E-state index in [0.717, 1.165) is 23.4 Å². The van der Waals surface area contributed by atoms with E-state index in [4.69, 9.17) is 23.8 Å². The molecule has 1 amide bonds. The molecule has 4 nitrogen and oxygen atoms in total. The smallest absolute Gasteiger partial charge is 0.273 e. The van der Waals surface area contributed by atoms with Gasteiger partial charge < -0.3 is 10.2 Å². The number of halogens is 1. The molecule has 126 valence electrons. The molecule has 0 aromatic heterocycles. The molecular weight excluding hydrogens is 342 g/mol. The molecular formula is C18H20ClN3OS. The Labute approximate surface area is 152 Å². The van der Waals surface area contributed by atoms with Gasteiger partial charge in [-0.25, -0.2) is 0 Å². The lowest BCUT2D eigenvalue weighted by Crippen LogP contribution is -2.44. The summed E-state index contributed by atoms with van der Waals surface area (Å²) < 4.78 is 0. The van der Waals surface area contributed by atoms with Crippen LogP contribution in [0.25, 0.3) is 11.6 Å². The Bertz CT molecular complexity index is 811. The fraction of sp³-hybridized carbons (Fsp3) is 0.333. The Balaban J connectivity index is 2.11. The summed E-state index contributed by atoms with van der Waals surface area (Å²) in [5.41, 5.74) is 4.60. The van der Waals surface area contributed by atoms with Crippen LogP contribution in [0.5, 0.6) is 0 Å². The zero-order valence-electron chi connectivity index (χ0n) is 14.2. The third-order valence-electron chi connectivity index (χ3n) is 4.43. The highest BCUT2D eigenvalue weighted by atomic mass is 35.5. The van der Waals surface area contributed by atoms with Crippen molar-refractivity contribution < 1.29 is 4.79 Å². The predicted molar refractivity (Wildman–Crippen MR) is 104 cm³/mol. The number of carbonyl (C=O) groups is 1. The fourth-order valence-corrected chi connectivity index (χ4v) is 3.86. The molecule has 0 aliphatic carbocycles. The first-order valence-corrected chi connectivity index (χ1v) is 8.66. The summed E-state index contributed by atoms with van der Waals surface area (Å²) >= 11 is 11.5. The Hall–Kier alpha value is -1.85. The highest BCUT2D eigenvalue weighted by Gasteiger charge is 2.31. The van der Waals surface area contributed by atoms with Gasteiger partial charge in [0.15, 0.2) is 5.11 Å². The zero-order chi connectivity index (χ0) is 17.6. The number of nitrogens with zero attached hydrogens (tertiary/aromatic N) is 1. The fourth-order valence-electron chi connectivity index (χ4n) is 3.44. The third-order valence-corrected chi connectivity index (χ3v) is 4.96. The number of nitrogens with one attached hydrogen (secondary N) is 2. The number of carbonyl (C=O) groups excluding carboxylic acids is 1. The zero-order valence-corrected chi connectivity index (χ0v) is 15.7. The van der Waals surface area contributed by atoms with Crippen LogP contribution in [0.2, 0.25) is 5.02 Å². The van der Waals surface area contributed by atoms with Gasteiger partial charge in [-0.1, -0.05) is 17.7 Å². The molecule has 1 saturated heterocycles. The highest BCUT2D eigenvalue weighted by Crippen LogP contribution is 2.41. The SMILES string of the molecule is CCN1c2cc(Cl)c(/C=C3\NC(=S)NC3=O)cc2C(C)=CC1(C)C. The topological polar surface area (TPSA) is 44.4 Å². The lowest BCUT2D eigenvalue weighted by atomic mass is 9.88. The van der Waals surface area contributed by atoms with E-state index >= 15 is 0 Å². The minimum Gasteiger partial charge on any atom is -0.363 e. The van der Waals surface area contributed by atoms with Gasteiger partial charge in [-0.2, -0.15) is 0 Å². The molecule has 0 unspecified atom stereocenters. The second-order valence-electron chi connectivity index (χ2n) is 6.58. The van der Waals surface area contributed by atoms with E-state index in [0.29, 0.717) is 15.8 Å². The molecule has 0 radical (unpaired) electrons. The third kappa shape index (κ3) is 2.82. The summed E-state index contributed by atoms with van der Waals surface area (Å²) in [5.74, 6) is -0.239. The minimum absolute atomic E-state index is 0.0613. The lowest BCUT2D eigenvalue weighted by Gasteiger charge is -2.43. The summed E-state index contributed by atoms with van der Waals surface area (Å²) in [6, 6.07) is 4.01. The van der Waals surface area contributed by atoms with Crippen LogP contribution in [0.15, 0.2) is 23.9 Å². The normalized spacial score (nSPS) is 20.6. The van der Waals surface area contributed by atoms with E-state index in [1.54, 1.807) is 6.08 Å². The molecule has 1 aromatic carbocycles. The molecule has 0 spiro atoms. The van der Waals surface area contributed by atoms with E-state index in [1.165, 1.54) is 5.57 Å². The van der Waals surface area contributed by atoms with Crippen molar-refractivity contribution in [2.45, 2.75) is 33.2 Å². The second kappa shape index (κ2) is 5.90. The molecule has 3 rings (SSSR count). The van der Waals surface area contributed by atoms with Crippen LogP contribution in [0.1, 0.15) is 38.8 Å². The van der Waals surface area contributed by atoms with Crippen LogP contribution in [-0.2, 0) is 4.79 Å². The summed E-state index contributed by atoms with van der Waals surface area (Å²) in [5, 5.41) is 6.33. The maximum Gasteiger partial charge on any atom is 0.273 e. The van der Waals surface area contributed by atoms with Gasteiger partial charge in [-0.3, -0.25) is 10.1 Å². The number of fused-ring (bicyclic) bond motifs is 1. The number of amides is 1. The van der Waals surface area contributed by atoms with E-state index in [-0.39, 0.29) is 11.4 Å². The van der Waals surface area contributed by atoms with Crippen molar-refractivity contribution in [1.82, 2.24) is 10.6 Å². The first kappa shape index (κ1) is 17.0. The van der Waals surface area contributed by atoms with Crippen LogP contribution in [0, 0.1) is 0 Å². The largest absolute Gasteiger partial charge is 0.363 e. The average molecular weight is 362 g/mol. The molecule has 0 bridgehead atoms. The molecule has 0 saturated carbocycles. The number of hydrogen-bond donors (Lipinski definition) is 2. The van der Waals surface area contributed by atoms with Gasteiger partial charge in [0, 0.05) is 22.8 Å². The molecule has 1 fully saturated rings. The summed E-state index contributed by atoms with van der Waals surface area (Å²) in [7, 11) is 0. The van der Waals surface area contributed by atoms with E-state index in [2.05, 4.69) is 49.3 Å². The lowest BCUT2D eigenvalue weighted by molar-refractivity contribution is -0.115. The summed E-state index contributed by atoms with van der Waals surface area (Å²) in [4.78, 5) is 14.2. The molecule has 2 N–H and O–H groups in total. The predicted octanol–water partition coefficient (Wildman–Crippen LogP) is 3.71. The van der Waals surface area contributed by atoms with Crippen molar-refractivity contribution >= 4 is 52.2 Å². The molecule has 2 heterocycles. The van der Waals surface area contributed by atoms with E-state index < -0.39 is 0 Å². The highest BCUT2D eigenvalue weighted by molar-refractivity contribution is 7.80. The summed E-state index contributed by atoms with van der Waals surface area (Å²) in [6.45, 7) is 9.52. The van der Waals surface area contributed by atoms with Gasteiger partial charge in [0.05, 0.1) is 5.54 Å². The Morgan fingerprint density at radius 2 is 2.04 bits per heavy atom. The van der Waals surface area contributed by atoms with Crippen molar-refractivity contribution in [3.8, 4) is 0 Å². The van der Waals surface area contributed by atoms with Crippen molar-refractivity contribution in [3.63, 3.8) is 0 Å². The Morgan fingerprint density at radius 3 is 2.62 bits per heavy atom. The Morgan fingerprint density at radius 1 is 1.33 bits per heavy atom. The molecule has 2 aliphatic heterocycles. The average Bonchev–Trinajstić information content (AvgIpc) is 2.78. The van der Waals surface area contributed by atoms with Crippen LogP contribution in [0.3, 0.4) is 0 Å². The van der Waals surface area contributed by atoms with Crippen LogP contribution in [0.4, 0.5) is 5.69 Å². The van der Waals surface area contributed by atoms with E-state index in [1.807, 2.05) is 12.1 Å². The number of hydrogen-bond acceptors (Lipinski definition) is 3. The van der Waals surface area contributed by atoms with Gasteiger partial charge in [0.1, 0.15) is 5.70 Å². The number of likely N-dealkylation sites (N-methyl/N-ethyl adjacent to an activating group) is 1. The minimum atomic E-state index is -0.239. The van der Waals surface area contributed by atoms with Crippen LogP contribution < -0.4 is 15.5 Å². The number of thiocarbonyl (C=S) groups is 1. The first-order valence-electron chi connectivity index (χ1n) is 7.88. The molecule has 0 atom stereocenters. The first-order chi connectivity index (χ1) is 11.2. The molecule has 6 heteroatoms. The van der Waals surface area contributed by atoms with Gasteiger partial charge >= 0.3 is 0 Å². The van der Waals surface area contributed by atoms with Crippen molar-refractivity contribution in [2.75, 3.05) is 11.4 Å². The maximum atomic E-state index is 11.8. The van der Waals surface area contributed by atoms with Crippen LogP contribution >= 0.6 is 23.8 Å². The van der Waals surface area contributed by atoms with Crippen molar-refractivity contribution in [1.29, 1.82) is 0 Å². The monoisotopic (exact) mass is 361 g/mol. The number of rotatable bonds is 2. The second-order valence-corrected chi connectivity index (χ2v) is 7.40. The molecule has 24 heavy (non-hydrogen) atoms. The molecule has 1 aromatic rings. The van der Waals surface area contributed by atoms with Gasteiger partial charge in [-0.05, 0) is 69.3 Å². The van der Waals surface area contributed by atoms with Gasteiger partial charge in [0.2, 0.25) is 0 Å². The quantitative estimate of drug-likeness (QED) is 0.622. The Kier molecular flexibility index (Phi) is 4.18. The number of anilines is 1. The van der Waals surface area contributed by atoms with Crippen LogP contribution in [-0.4, -0.2) is 23.1 Å².